The van der Waals surface area contributed by atoms with Crippen molar-refractivity contribution in [3.8, 4) is 0 Å². The first-order chi connectivity index (χ1) is 12.5. The van der Waals surface area contributed by atoms with E-state index in [4.69, 9.17) is 5.11 Å². The van der Waals surface area contributed by atoms with E-state index in [2.05, 4.69) is 27.5 Å². The van der Waals surface area contributed by atoms with Gasteiger partial charge in [0, 0.05) is 0 Å². The van der Waals surface area contributed by atoms with E-state index in [9.17, 15) is 4.79 Å². The minimum atomic E-state index is -0.947. The Labute approximate surface area is 158 Å². The summed E-state index contributed by atoms with van der Waals surface area (Å²) in [6.07, 6.45) is 7.84. The van der Waals surface area contributed by atoms with Crippen LogP contribution in [-0.2, 0) is 0 Å². The molecule has 0 unspecified atom stereocenters. The van der Waals surface area contributed by atoms with Gasteiger partial charge in [0.2, 0.25) is 0 Å². The summed E-state index contributed by atoms with van der Waals surface area (Å²) in [6.45, 7) is 1.92. The van der Waals surface area contributed by atoms with E-state index in [0.29, 0.717) is 16.5 Å². The topological polar surface area (TPSA) is 82.8 Å². The van der Waals surface area contributed by atoms with E-state index in [1.807, 2.05) is 41.3 Å². The van der Waals surface area contributed by atoms with Gasteiger partial charge in [0.25, 0.3) is 0 Å². The fourth-order valence-electron chi connectivity index (χ4n) is 2.66. The average molecular weight is 383 g/mol. The second-order valence-electron chi connectivity index (χ2n) is 5.74. The standard InChI is InChI=1S/C16H14BN5O2S2/c1-9-6-22-12(11-4-17-26-21(2)7-11)5-18-15(22)14(19-9)20-13-3-10(8-25-13)16(23)24/h3-8H,1-2H3,(H,19,20)(H,23,24). The number of imidazole rings is 1. The molecule has 3 aromatic heterocycles. The molecule has 0 atom stereocenters. The van der Waals surface area contributed by atoms with Crippen molar-refractivity contribution in [2.45, 2.75) is 6.92 Å². The van der Waals surface area contributed by atoms with Gasteiger partial charge >= 0.3 is 158 Å². The van der Waals surface area contributed by atoms with Crippen LogP contribution >= 0.6 is 23.1 Å². The van der Waals surface area contributed by atoms with Gasteiger partial charge in [-0.3, -0.25) is 0 Å². The summed E-state index contributed by atoms with van der Waals surface area (Å²) in [6, 6.07) is 1.59. The van der Waals surface area contributed by atoms with Crippen molar-refractivity contribution in [1.82, 2.24) is 18.7 Å². The third-order valence-corrected chi connectivity index (χ3v) is 5.33. The fourth-order valence-corrected chi connectivity index (χ4v) is 4.00. The number of aromatic nitrogens is 3. The van der Waals surface area contributed by atoms with Crippen LogP contribution in [0.5, 0.6) is 0 Å². The number of rotatable bonds is 4. The number of carboxylic acids is 1. The molecule has 1 aliphatic rings. The Morgan fingerprint density at radius 2 is 2.27 bits per heavy atom. The van der Waals surface area contributed by atoms with Gasteiger partial charge in [-0.1, -0.05) is 0 Å². The number of nitrogens with zero attached hydrogens (tertiary/aromatic N) is 4. The van der Waals surface area contributed by atoms with Crippen LogP contribution in [0.4, 0.5) is 10.8 Å². The van der Waals surface area contributed by atoms with E-state index >= 15 is 0 Å². The van der Waals surface area contributed by atoms with Gasteiger partial charge in [-0.25, -0.2) is 0 Å². The van der Waals surface area contributed by atoms with Crippen molar-refractivity contribution in [2.75, 3.05) is 12.4 Å². The number of hydrogen-bond acceptors (Lipinski definition) is 7. The molecule has 10 heteroatoms. The summed E-state index contributed by atoms with van der Waals surface area (Å²) in [4.78, 5) is 20.1. The predicted octanol–water partition coefficient (Wildman–Crippen LogP) is 2.90. The number of aryl methyl sites for hydroxylation is 1. The Balaban J connectivity index is 1.76. The second kappa shape index (κ2) is 6.62. The third kappa shape index (κ3) is 3.13. The van der Waals surface area contributed by atoms with Gasteiger partial charge in [0.05, 0.1) is 0 Å². The first kappa shape index (κ1) is 16.9. The molecule has 0 amide bonds. The first-order valence-corrected chi connectivity index (χ1v) is 9.45. The van der Waals surface area contributed by atoms with Crippen LogP contribution in [0.3, 0.4) is 0 Å². The zero-order chi connectivity index (χ0) is 18.3. The number of carboxylic acid groups (broad SMARTS) is 1. The molecule has 4 rings (SSSR count). The van der Waals surface area contributed by atoms with E-state index in [1.54, 1.807) is 23.2 Å². The molecular formula is C16H14BN5O2S2. The van der Waals surface area contributed by atoms with Gasteiger partial charge in [0.15, 0.2) is 0 Å². The van der Waals surface area contributed by atoms with Crippen LogP contribution in [-0.4, -0.2) is 49.0 Å². The van der Waals surface area contributed by atoms with Crippen molar-refractivity contribution in [3.05, 3.63) is 47.0 Å². The molecule has 0 saturated heterocycles. The molecular weight excluding hydrogens is 369 g/mol. The Morgan fingerprint density at radius 1 is 1.42 bits per heavy atom. The number of fused-ring (bicyclic) bond motifs is 1. The Morgan fingerprint density at radius 3 is 3.00 bits per heavy atom. The molecule has 130 valence electrons. The summed E-state index contributed by atoms with van der Waals surface area (Å²) >= 11 is 2.93. The summed E-state index contributed by atoms with van der Waals surface area (Å²) < 4.78 is 4.03. The number of thiophene rings is 1. The second-order valence-corrected chi connectivity index (χ2v) is 7.71. The molecule has 26 heavy (non-hydrogen) atoms. The Hall–Kier alpha value is -2.59. The molecule has 2 N–H and O–H groups in total. The maximum atomic E-state index is 11.1. The van der Waals surface area contributed by atoms with Crippen molar-refractivity contribution < 1.29 is 9.90 Å². The van der Waals surface area contributed by atoms with Crippen LogP contribution in [0, 0.1) is 6.92 Å². The van der Waals surface area contributed by atoms with E-state index in [-0.39, 0.29) is 5.56 Å². The molecule has 4 heterocycles. The quantitative estimate of drug-likeness (QED) is 0.530. The van der Waals surface area contributed by atoms with Crippen LogP contribution in [0.25, 0.3) is 11.2 Å². The zero-order valence-electron chi connectivity index (χ0n) is 14.0. The molecule has 0 spiro atoms. The van der Waals surface area contributed by atoms with Crippen LogP contribution < -0.4 is 5.32 Å². The van der Waals surface area contributed by atoms with Gasteiger partial charge < -0.3 is 0 Å². The molecule has 0 aromatic carbocycles. The Kier molecular flexibility index (Phi) is 4.29. The maximum absolute atomic E-state index is 11.1. The molecule has 1 aliphatic heterocycles. The average Bonchev–Trinajstić information content (AvgIpc) is 3.21. The summed E-state index contributed by atoms with van der Waals surface area (Å²) in [5.41, 5.74) is 3.79. The van der Waals surface area contributed by atoms with Gasteiger partial charge in [0.1, 0.15) is 0 Å². The summed E-state index contributed by atoms with van der Waals surface area (Å²) in [7, 11) is 1.99. The van der Waals surface area contributed by atoms with Crippen molar-refractivity contribution in [2.24, 2.45) is 0 Å². The van der Waals surface area contributed by atoms with Crippen LogP contribution in [0.15, 0.2) is 30.0 Å². The molecule has 7 nitrogen and oxygen atoms in total. The molecule has 0 aliphatic carbocycles. The van der Waals surface area contributed by atoms with Crippen molar-refractivity contribution in [3.63, 3.8) is 0 Å². The van der Waals surface area contributed by atoms with Crippen molar-refractivity contribution in [1.29, 1.82) is 0 Å². The normalized spacial score (nSPS) is 13.6. The minimum absolute atomic E-state index is 0.253. The van der Waals surface area contributed by atoms with E-state index in [0.717, 1.165) is 17.0 Å². The molecule has 0 bridgehead atoms. The molecule has 3 aromatic rings. The third-order valence-electron chi connectivity index (χ3n) is 3.79. The van der Waals surface area contributed by atoms with Gasteiger partial charge in [-0.15, -0.1) is 0 Å². The number of aromatic carboxylic acids is 1. The number of anilines is 2. The zero-order valence-corrected chi connectivity index (χ0v) is 15.6. The number of carbonyl (C=O) groups is 1. The van der Waals surface area contributed by atoms with Crippen LogP contribution in [0.2, 0.25) is 0 Å². The van der Waals surface area contributed by atoms with Crippen LogP contribution in [0.1, 0.15) is 21.7 Å². The van der Waals surface area contributed by atoms with E-state index in [1.165, 1.54) is 11.3 Å². The van der Waals surface area contributed by atoms with Crippen molar-refractivity contribution >= 4 is 63.3 Å². The predicted molar refractivity (Wildman–Crippen MR) is 107 cm³/mol. The number of nitrogens with one attached hydrogen (secondary N) is 1. The Bertz CT molecular complexity index is 1070. The number of allylic oxidation sites excluding steroid dienone is 1. The summed E-state index contributed by atoms with van der Waals surface area (Å²) in [5.74, 6) is 1.70. The SMILES string of the molecule is Cc1cn2c(C3=CN(C)SB=C3)cnc2c(Nc2cc(C(=O)O)cs2)n1. The first-order valence-electron chi connectivity index (χ1n) is 7.73. The summed E-state index contributed by atoms with van der Waals surface area (Å²) in [5, 5.41) is 14.6. The van der Waals surface area contributed by atoms with E-state index < -0.39 is 5.97 Å². The van der Waals surface area contributed by atoms with Gasteiger partial charge in [-0.2, -0.15) is 0 Å². The molecule has 0 fully saturated rings. The monoisotopic (exact) mass is 383 g/mol. The molecule has 0 radical (unpaired) electrons. The van der Waals surface area contributed by atoms with Gasteiger partial charge in [-0.05, 0) is 0 Å². The molecule has 0 saturated carbocycles. The number of hydrogen-bond donors (Lipinski definition) is 2. The fraction of sp³-hybridized carbons (Fsp3) is 0.125.